The van der Waals surface area contributed by atoms with Gasteiger partial charge in [0, 0.05) is 0 Å². The summed E-state index contributed by atoms with van der Waals surface area (Å²) in [6, 6.07) is 8.70. The van der Waals surface area contributed by atoms with Gasteiger partial charge < -0.3 is 37.2 Å². The molecule has 1 aromatic rings. The van der Waals surface area contributed by atoms with Crippen LogP contribution in [0.4, 0.5) is 0 Å². The van der Waals surface area contributed by atoms with Gasteiger partial charge in [0.1, 0.15) is 0 Å². The van der Waals surface area contributed by atoms with Gasteiger partial charge in [0.25, 0.3) is 0 Å². The zero-order valence-corrected chi connectivity index (χ0v) is 21.6. The van der Waals surface area contributed by atoms with Crippen LogP contribution in [-0.2, 0) is 20.4 Å². The quantitative estimate of drug-likeness (QED) is 0.287. The average molecular weight is 466 g/mol. The van der Waals surface area contributed by atoms with E-state index < -0.39 is 8.80 Å². The molecular weight excluding hydrogens is 435 g/mol. The Morgan fingerprint density at radius 1 is 1.00 bits per heavy atom. The smallest absolute Gasteiger partial charge is 1.00 e. The summed E-state index contributed by atoms with van der Waals surface area (Å²) in [6.45, 7) is 11.5. The van der Waals surface area contributed by atoms with Gasteiger partial charge in [0.05, 0.1) is 0 Å². The van der Waals surface area contributed by atoms with Crippen molar-refractivity contribution >= 4 is 14.0 Å². The number of aryl methyl sites for hydroxylation is 2. The van der Waals surface area contributed by atoms with Crippen molar-refractivity contribution in [2.24, 2.45) is 5.92 Å². The van der Waals surface area contributed by atoms with Crippen molar-refractivity contribution in [2.45, 2.75) is 66.3 Å². The van der Waals surface area contributed by atoms with Gasteiger partial charge in [-0.05, 0) is 0 Å². The second-order valence-electron chi connectivity index (χ2n) is 7.38. The van der Waals surface area contributed by atoms with Crippen LogP contribution >= 0.6 is 0 Å². The monoisotopic (exact) mass is 464 g/mol. The molecule has 0 saturated carbocycles. The van der Waals surface area contributed by atoms with E-state index in [4.69, 9.17) is 0 Å². The van der Waals surface area contributed by atoms with Gasteiger partial charge in [0.15, 0.2) is 0 Å². The SMILES string of the molecule is CCCCC[SiH](C1=[C]([Ti+3])CC=C1C(C)C)c1cc(C)cc(C)c1.[Cl-].[Cl-].[Cl-]. The largest absolute Gasteiger partial charge is 1.00 e. The van der Waals surface area contributed by atoms with Crippen molar-refractivity contribution in [1.82, 2.24) is 0 Å². The number of rotatable bonds is 7. The number of unbranched alkanes of at least 4 members (excludes halogenated alkanes) is 2. The van der Waals surface area contributed by atoms with Crippen LogP contribution in [0.2, 0.25) is 6.04 Å². The van der Waals surface area contributed by atoms with Crippen LogP contribution in [0.3, 0.4) is 0 Å². The first-order valence-electron chi connectivity index (χ1n) is 9.17. The Morgan fingerprint density at radius 2 is 1.58 bits per heavy atom. The standard InChI is InChI=1S/C21H31Si.3ClH.Ti/c1-6-7-8-12-22(19-14-17(4)13-18(5)15-19)21-11-9-10-20(21)16(2)3;;;;/h10,13-16,22H,6-9,12H2,1-5H3;3*1H;/q;;;;+3/p-3. The summed E-state index contributed by atoms with van der Waals surface area (Å²) in [5, 5.41) is 3.46. The summed E-state index contributed by atoms with van der Waals surface area (Å²) in [4.78, 5) is 0. The zero-order valence-electron chi connectivity index (χ0n) is 16.6. The molecule has 2 rings (SSSR count). The molecule has 0 bridgehead atoms. The second-order valence-corrected chi connectivity index (χ2v) is 11.2. The molecule has 1 aliphatic carbocycles. The maximum atomic E-state index is 2.51. The Labute approximate surface area is 192 Å². The fourth-order valence-electron chi connectivity index (χ4n) is 3.85. The number of halogens is 3. The number of hydrogen-bond donors (Lipinski definition) is 0. The van der Waals surface area contributed by atoms with Crippen molar-refractivity contribution in [3.05, 3.63) is 50.0 Å². The van der Waals surface area contributed by atoms with Crippen LogP contribution in [0.1, 0.15) is 57.6 Å². The summed E-state index contributed by atoms with van der Waals surface area (Å²) < 4.78 is 1.65. The molecule has 1 unspecified atom stereocenters. The van der Waals surface area contributed by atoms with Crippen molar-refractivity contribution < 1.29 is 57.7 Å². The van der Waals surface area contributed by atoms with E-state index in [1.54, 1.807) is 19.8 Å². The maximum absolute atomic E-state index is 2.51. The fraction of sp³-hybridized carbons (Fsp3) is 0.524. The summed E-state index contributed by atoms with van der Waals surface area (Å²) >= 11 is 2.38. The van der Waals surface area contributed by atoms with Gasteiger partial charge in [-0.2, -0.15) is 0 Å². The number of hydrogen-bond acceptors (Lipinski definition) is 0. The Balaban J connectivity index is 0. The second kappa shape index (κ2) is 13.6. The molecule has 0 aromatic heterocycles. The van der Waals surface area contributed by atoms with E-state index in [9.17, 15) is 0 Å². The first-order valence-corrected chi connectivity index (χ1v) is 11.9. The van der Waals surface area contributed by atoms with Crippen LogP contribution in [0, 0.1) is 19.8 Å². The average Bonchev–Trinajstić information content (AvgIpc) is 2.84. The van der Waals surface area contributed by atoms with Crippen molar-refractivity contribution in [3.8, 4) is 0 Å². The van der Waals surface area contributed by atoms with Crippen LogP contribution < -0.4 is 42.4 Å². The predicted molar refractivity (Wildman–Crippen MR) is 102 cm³/mol. The molecule has 0 amide bonds. The molecule has 0 radical (unpaired) electrons. The molecule has 144 valence electrons. The summed E-state index contributed by atoms with van der Waals surface area (Å²) in [6.07, 6.45) is 7.78. The van der Waals surface area contributed by atoms with E-state index in [0.29, 0.717) is 5.92 Å². The fourth-order valence-corrected chi connectivity index (χ4v) is 9.03. The van der Waals surface area contributed by atoms with Crippen molar-refractivity contribution in [3.63, 3.8) is 0 Å². The summed E-state index contributed by atoms with van der Waals surface area (Å²) in [5.74, 6) is 0.662. The van der Waals surface area contributed by atoms with E-state index in [-0.39, 0.29) is 37.2 Å². The molecule has 0 saturated heterocycles. The first kappa shape index (κ1) is 28.7. The van der Waals surface area contributed by atoms with E-state index in [2.05, 4.69) is 79.3 Å². The Morgan fingerprint density at radius 3 is 2.08 bits per heavy atom. The van der Waals surface area contributed by atoms with Crippen LogP contribution in [0.15, 0.2) is 38.9 Å². The third kappa shape index (κ3) is 7.49. The number of allylic oxidation sites excluding steroid dienone is 4. The summed E-state index contributed by atoms with van der Waals surface area (Å²) in [5.41, 5.74) is 4.52. The molecular formula is C21H31Cl3SiTi. The molecule has 0 spiro atoms. The minimum atomic E-state index is -1.09. The molecule has 1 atom stereocenters. The summed E-state index contributed by atoms with van der Waals surface area (Å²) in [7, 11) is -1.09. The molecule has 1 aromatic carbocycles. The zero-order chi connectivity index (χ0) is 17.0. The minimum Gasteiger partial charge on any atom is -1.00 e. The van der Waals surface area contributed by atoms with Gasteiger partial charge >= 0.3 is 157 Å². The molecule has 5 heteroatoms. The van der Waals surface area contributed by atoms with E-state index >= 15 is 0 Å². The van der Waals surface area contributed by atoms with Crippen molar-refractivity contribution in [2.75, 3.05) is 0 Å². The minimum absolute atomic E-state index is 0. The Kier molecular flexibility index (Phi) is 15.1. The molecule has 1 aliphatic rings. The van der Waals surface area contributed by atoms with Crippen molar-refractivity contribution in [1.29, 1.82) is 0 Å². The first-order chi connectivity index (χ1) is 10.9. The van der Waals surface area contributed by atoms with Crippen LogP contribution in [-0.4, -0.2) is 8.80 Å². The Bertz CT molecular complexity index is 603. The molecule has 0 nitrogen and oxygen atoms in total. The molecule has 26 heavy (non-hydrogen) atoms. The molecule has 0 N–H and O–H groups in total. The molecule has 0 heterocycles. The van der Waals surface area contributed by atoms with Gasteiger partial charge in [-0.15, -0.1) is 0 Å². The van der Waals surface area contributed by atoms with E-state index in [1.807, 2.05) is 0 Å². The normalized spacial score (nSPS) is 14.4. The van der Waals surface area contributed by atoms with Gasteiger partial charge in [-0.3, -0.25) is 0 Å². The molecule has 0 aliphatic heterocycles. The topological polar surface area (TPSA) is 0 Å². The third-order valence-corrected chi connectivity index (χ3v) is 9.57. The van der Waals surface area contributed by atoms with Crippen LogP contribution in [0.5, 0.6) is 0 Å². The van der Waals surface area contributed by atoms with E-state index in [1.165, 1.54) is 42.9 Å². The molecule has 0 fully saturated rings. The van der Waals surface area contributed by atoms with E-state index in [0.717, 1.165) is 0 Å². The maximum Gasteiger partial charge on any atom is -1.00 e. The predicted octanol–water partition coefficient (Wildman–Crippen LogP) is -3.73. The van der Waals surface area contributed by atoms with Gasteiger partial charge in [0.2, 0.25) is 0 Å². The van der Waals surface area contributed by atoms with Gasteiger partial charge in [-0.25, -0.2) is 0 Å². The third-order valence-electron chi connectivity index (χ3n) is 4.88. The number of benzene rings is 1. The Hall–Kier alpha value is 0.501. The van der Waals surface area contributed by atoms with Crippen LogP contribution in [0.25, 0.3) is 0 Å². The van der Waals surface area contributed by atoms with Gasteiger partial charge in [-0.1, -0.05) is 0 Å².